The van der Waals surface area contributed by atoms with Gasteiger partial charge in [-0.2, -0.15) is 0 Å². The molecule has 1 atom stereocenters. The fourth-order valence-corrected chi connectivity index (χ4v) is 2.60. The third kappa shape index (κ3) is 3.64. The van der Waals surface area contributed by atoms with Crippen molar-refractivity contribution in [1.82, 2.24) is 9.88 Å². The summed E-state index contributed by atoms with van der Waals surface area (Å²) >= 11 is 5.95. The van der Waals surface area contributed by atoms with Gasteiger partial charge in [0.1, 0.15) is 6.54 Å². The van der Waals surface area contributed by atoms with Crippen LogP contribution in [0, 0.1) is 5.92 Å². The molecule has 2 aromatic rings. The predicted molar refractivity (Wildman–Crippen MR) is 84.4 cm³/mol. The standard InChI is InChI=1S/C16H19ClN2O2/c1-10(2)16(11(3)20)18-15(21)9-19-7-6-12-8-13(17)4-5-14(12)19/h4-8,10,16H,9H2,1-3H3,(H,18,21). The van der Waals surface area contributed by atoms with Gasteiger partial charge in [0.15, 0.2) is 5.78 Å². The number of Topliss-reactive ketones (excluding diaryl/α,β-unsaturated/α-hetero) is 1. The molecule has 1 aromatic heterocycles. The van der Waals surface area contributed by atoms with E-state index in [-0.39, 0.29) is 24.2 Å². The van der Waals surface area contributed by atoms with E-state index in [2.05, 4.69) is 5.32 Å². The smallest absolute Gasteiger partial charge is 0.240 e. The van der Waals surface area contributed by atoms with Crippen molar-refractivity contribution in [3.63, 3.8) is 0 Å². The molecule has 0 saturated heterocycles. The Kier molecular flexibility index (Phi) is 4.68. The number of hydrogen-bond acceptors (Lipinski definition) is 2. The van der Waals surface area contributed by atoms with Crippen molar-refractivity contribution in [3.05, 3.63) is 35.5 Å². The number of benzene rings is 1. The highest BCUT2D eigenvalue weighted by Gasteiger charge is 2.20. The summed E-state index contributed by atoms with van der Waals surface area (Å²) in [6, 6.07) is 7.02. The molecular weight excluding hydrogens is 288 g/mol. The van der Waals surface area contributed by atoms with E-state index in [9.17, 15) is 9.59 Å². The third-order valence-electron chi connectivity index (χ3n) is 3.47. The number of nitrogens with one attached hydrogen (secondary N) is 1. The molecule has 0 aliphatic heterocycles. The summed E-state index contributed by atoms with van der Waals surface area (Å²) in [4.78, 5) is 23.7. The van der Waals surface area contributed by atoms with Gasteiger partial charge in [-0.05, 0) is 37.1 Å². The number of rotatable bonds is 5. The number of aromatic nitrogens is 1. The number of carbonyl (C=O) groups is 2. The molecule has 0 bridgehead atoms. The molecule has 112 valence electrons. The van der Waals surface area contributed by atoms with Crippen molar-refractivity contribution in [1.29, 1.82) is 0 Å². The second-order valence-electron chi connectivity index (χ2n) is 5.55. The molecule has 0 spiro atoms. The van der Waals surface area contributed by atoms with Crippen LogP contribution < -0.4 is 5.32 Å². The molecule has 0 aliphatic rings. The minimum absolute atomic E-state index is 0.0255. The van der Waals surface area contributed by atoms with Crippen molar-refractivity contribution in [2.45, 2.75) is 33.4 Å². The lowest BCUT2D eigenvalue weighted by atomic mass is 10.0. The van der Waals surface area contributed by atoms with Gasteiger partial charge in [-0.15, -0.1) is 0 Å². The predicted octanol–water partition coefficient (Wildman–Crippen LogP) is 3.02. The molecule has 0 aliphatic carbocycles. The monoisotopic (exact) mass is 306 g/mol. The average molecular weight is 307 g/mol. The van der Waals surface area contributed by atoms with E-state index >= 15 is 0 Å². The van der Waals surface area contributed by atoms with Crippen LogP contribution in [0.1, 0.15) is 20.8 Å². The van der Waals surface area contributed by atoms with Gasteiger partial charge < -0.3 is 9.88 Å². The maximum Gasteiger partial charge on any atom is 0.240 e. The fraction of sp³-hybridized carbons (Fsp3) is 0.375. The average Bonchev–Trinajstić information content (AvgIpc) is 2.77. The second kappa shape index (κ2) is 6.31. The highest BCUT2D eigenvalue weighted by atomic mass is 35.5. The molecule has 1 aromatic carbocycles. The molecule has 4 nitrogen and oxygen atoms in total. The van der Waals surface area contributed by atoms with Gasteiger partial charge in [0.2, 0.25) is 5.91 Å². The fourth-order valence-electron chi connectivity index (χ4n) is 2.42. The zero-order chi connectivity index (χ0) is 15.6. The number of ketones is 1. The first kappa shape index (κ1) is 15.6. The summed E-state index contributed by atoms with van der Waals surface area (Å²) in [5.41, 5.74) is 0.943. The second-order valence-corrected chi connectivity index (χ2v) is 5.98. The van der Waals surface area contributed by atoms with Crippen molar-refractivity contribution < 1.29 is 9.59 Å². The lowest BCUT2D eigenvalue weighted by Crippen LogP contribution is -2.44. The molecule has 1 heterocycles. The Bertz CT molecular complexity index is 676. The summed E-state index contributed by atoms with van der Waals surface area (Å²) in [6.45, 7) is 5.51. The molecule has 0 saturated carbocycles. The van der Waals surface area contributed by atoms with Gasteiger partial charge >= 0.3 is 0 Å². The van der Waals surface area contributed by atoms with Gasteiger partial charge in [0.05, 0.1) is 6.04 Å². The van der Waals surface area contributed by atoms with Gasteiger partial charge in [-0.3, -0.25) is 9.59 Å². The summed E-state index contributed by atoms with van der Waals surface area (Å²) in [7, 11) is 0. The summed E-state index contributed by atoms with van der Waals surface area (Å²) in [6.07, 6.45) is 1.85. The van der Waals surface area contributed by atoms with E-state index in [1.807, 2.05) is 42.8 Å². The minimum atomic E-state index is -0.436. The molecule has 21 heavy (non-hydrogen) atoms. The lowest BCUT2D eigenvalue weighted by Gasteiger charge is -2.19. The molecule has 1 N–H and O–H groups in total. The largest absolute Gasteiger partial charge is 0.344 e. The van der Waals surface area contributed by atoms with Crippen LogP contribution in [0.3, 0.4) is 0 Å². The van der Waals surface area contributed by atoms with E-state index in [1.54, 1.807) is 6.07 Å². The first-order chi connectivity index (χ1) is 9.88. The first-order valence-electron chi connectivity index (χ1n) is 6.92. The van der Waals surface area contributed by atoms with E-state index < -0.39 is 6.04 Å². The highest BCUT2D eigenvalue weighted by Crippen LogP contribution is 2.20. The van der Waals surface area contributed by atoms with Crippen molar-refractivity contribution in [3.8, 4) is 0 Å². The van der Waals surface area contributed by atoms with E-state index in [1.165, 1.54) is 6.92 Å². The van der Waals surface area contributed by atoms with Gasteiger partial charge in [0.25, 0.3) is 0 Å². The normalized spacial score (nSPS) is 12.6. The number of amides is 1. The quantitative estimate of drug-likeness (QED) is 0.923. The summed E-state index contributed by atoms with van der Waals surface area (Å²) in [5.74, 6) is -0.120. The Balaban J connectivity index is 2.13. The number of nitrogens with zero attached hydrogens (tertiary/aromatic N) is 1. The van der Waals surface area contributed by atoms with Crippen molar-refractivity contribution >= 4 is 34.2 Å². The van der Waals surface area contributed by atoms with E-state index in [4.69, 9.17) is 11.6 Å². The van der Waals surface area contributed by atoms with Gasteiger partial charge in [0, 0.05) is 22.1 Å². The highest BCUT2D eigenvalue weighted by molar-refractivity contribution is 6.31. The Morgan fingerprint density at radius 2 is 2.00 bits per heavy atom. The zero-order valence-corrected chi connectivity index (χ0v) is 13.1. The summed E-state index contributed by atoms with van der Waals surface area (Å²) in [5, 5.41) is 4.45. The molecule has 0 fully saturated rings. The number of fused-ring (bicyclic) bond motifs is 1. The van der Waals surface area contributed by atoms with Crippen LogP contribution in [-0.2, 0) is 16.1 Å². The molecule has 5 heteroatoms. The minimum Gasteiger partial charge on any atom is -0.344 e. The third-order valence-corrected chi connectivity index (χ3v) is 3.70. The number of hydrogen-bond donors (Lipinski definition) is 1. The van der Waals surface area contributed by atoms with Crippen molar-refractivity contribution in [2.24, 2.45) is 5.92 Å². The zero-order valence-electron chi connectivity index (χ0n) is 12.4. The maximum atomic E-state index is 12.1. The van der Waals surface area contributed by atoms with E-state index in [0.29, 0.717) is 5.02 Å². The van der Waals surface area contributed by atoms with Crippen LogP contribution in [-0.4, -0.2) is 22.3 Å². The summed E-state index contributed by atoms with van der Waals surface area (Å²) < 4.78 is 1.85. The van der Waals surface area contributed by atoms with Gasteiger partial charge in [-0.25, -0.2) is 0 Å². The lowest BCUT2D eigenvalue weighted by molar-refractivity contribution is -0.128. The Morgan fingerprint density at radius 1 is 1.29 bits per heavy atom. The first-order valence-corrected chi connectivity index (χ1v) is 7.30. The van der Waals surface area contributed by atoms with Gasteiger partial charge in [-0.1, -0.05) is 25.4 Å². The molecular formula is C16H19ClN2O2. The Morgan fingerprint density at radius 3 is 2.62 bits per heavy atom. The number of carbonyl (C=O) groups excluding carboxylic acids is 2. The molecule has 0 radical (unpaired) electrons. The SMILES string of the molecule is CC(=O)C(NC(=O)Cn1ccc2cc(Cl)ccc21)C(C)C. The molecule has 1 amide bonds. The van der Waals surface area contributed by atoms with Crippen LogP contribution in [0.25, 0.3) is 10.9 Å². The van der Waals surface area contributed by atoms with Crippen LogP contribution in [0.4, 0.5) is 0 Å². The Hall–Kier alpha value is -1.81. The van der Waals surface area contributed by atoms with Crippen LogP contribution in [0.2, 0.25) is 5.02 Å². The van der Waals surface area contributed by atoms with Crippen molar-refractivity contribution in [2.75, 3.05) is 0 Å². The Labute approximate surface area is 129 Å². The number of halogens is 1. The molecule has 1 unspecified atom stereocenters. The van der Waals surface area contributed by atoms with E-state index in [0.717, 1.165) is 10.9 Å². The molecule has 2 rings (SSSR count). The van der Waals surface area contributed by atoms with Crippen LogP contribution in [0.5, 0.6) is 0 Å². The van der Waals surface area contributed by atoms with Crippen LogP contribution >= 0.6 is 11.6 Å². The maximum absolute atomic E-state index is 12.1. The van der Waals surface area contributed by atoms with Crippen LogP contribution in [0.15, 0.2) is 30.5 Å². The topological polar surface area (TPSA) is 51.1 Å².